The summed E-state index contributed by atoms with van der Waals surface area (Å²) in [5.41, 5.74) is 1.57. The van der Waals surface area contributed by atoms with E-state index in [0.717, 1.165) is 49.8 Å². The molecule has 0 radical (unpaired) electrons. The third-order valence-electron chi connectivity index (χ3n) is 5.36. The molecule has 8 nitrogen and oxygen atoms in total. The molecule has 4 rings (SSSR count). The van der Waals surface area contributed by atoms with Gasteiger partial charge in [-0.05, 0) is 38.8 Å². The molecule has 0 atom stereocenters. The number of aromatic nitrogens is 6. The average molecular weight is 379 g/mol. The maximum atomic E-state index is 12.7. The van der Waals surface area contributed by atoms with Crippen molar-refractivity contribution in [2.45, 2.75) is 45.7 Å². The highest BCUT2D eigenvalue weighted by Crippen LogP contribution is 2.28. The van der Waals surface area contributed by atoms with Gasteiger partial charge in [-0.2, -0.15) is 0 Å². The van der Waals surface area contributed by atoms with E-state index >= 15 is 0 Å². The van der Waals surface area contributed by atoms with Crippen molar-refractivity contribution >= 4 is 5.91 Å². The molecule has 8 heteroatoms. The minimum absolute atomic E-state index is 0.0590. The summed E-state index contributed by atoms with van der Waals surface area (Å²) >= 11 is 0. The third-order valence-corrected chi connectivity index (χ3v) is 5.36. The standard InChI is InChI=1S/C20H25N7O/c1-3-27-18(13-25-11-8-21-14-25)23-24-19(27)16-6-9-26(10-7-16)20(28)17-5-4-15(2)22-12-17/h4-5,8,11-12,14,16H,3,6-7,9-10,13H2,1-2H3. The number of imidazole rings is 1. The van der Waals surface area contributed by atoms with E-state index in [1.54, 1.807) is 18.7 Å². The fourth-order valence-corrected chi connectivity index (χ4v) is 3.77. The molecule has 3 aromatic heterocycles. The van der Waals surface area contributed by atoms with Gasteiger partial charge in [0.15, 0.2) is 5.82 Å². The van der Waals surface area contributed by atoms with Crippen molar-refractivity contribution in [2.75, 3.05) is 13.1 Å². The van der Waals surface area contributed by atoms with Crippen molar-refractivity contribution in [3.05, 3.63) is 60.0 Å². The zero-order valence-electron chi connectivity index (χ0n) is 16.3. The molecule has 0 bridgehead atoms. The second kappa shape index (κ2) is 7.92. The molecule has 146 valence electrons. The summed E-state index contributed by atoms with van der Waals surface area (Å²) in [4.78, 5) is 22.9. The predicted octanol–water partition coefficient (Wildman–Crippen LogP) is 2.27. The zero-order chi connectivity index (χ0) is 19.5. The van der Waals surface area contributed by atoms with Crippen LogP contribution in [0.5, 0.6) is 0 Å². The van der Waals surface area contributed by atoms with Gasteiger partial charge >= 0.3 is 0 Å². The SMILES string of the molecule is CCn1c(Cn2ccnc2)nnc1C1CCN(C(=O)c2ccc(C)nc2)CC1. The van der Waals surface area contributed by atoms with Crippen LogP contribution >= 0.6 is 0 Å². The lowest BCUT2D eigenvalue weighted by molar-refractivity contribution is 0.0709. The average Bonchev–Trinajstić information content (AvgIpc) is 3.38. The van der Waals surface area contributed by atoms with Gasteiger partial charge in [0.2, 0.25) is 0 Å². The molecule has 0 N–H and O–H groups in total. The molecule has 1 aliphatic rings. The van der Waals surface area contributed by atoms with E-state index in [1.165, 1.54) is 0 Å². The van der Waals surface area contributed by atoms with Crippen molar-refractivity contribution in [2.24, 2.45) is 0 Å². The number of hydrogen-bond donors (Lipinski definition) is 0. The lowest BCUT2D eigenvalue weighted by Crippen LogP contribution is -2.38. The van der Waals surface area contributed by atoms with Crippen molar-refractivity contribution in [3.8, 4) is 0 Å². The van der Waals surface area contributed by atoms with Crippen LogP contribution in [0.25, 0.3) is 0 Å². The van der Waals surface area contributed by atoms with E-state index in [-0.39, 0.29) is 5.91 Å². The monoisotopic (exact) mass is 379 g/mol. The maximum Gasteiger partial charge on any atom is 0.255 e. The Bertz CT molecular complexity index is 922. The number of pyridine rings is 1. The molecule has 3 aromatic rings. The summed E-state index contributed by atoms with van der Waals surface area (Å²) in [6, 6.07) is 3.73. The number of aryl methyl sites for hydroxylation is 1. The van der Waals surface area contributed by atoms with Gasteiger partial charge in [0.25, 0.3) is 5.91 Å². The van der Waals surface area contributed by atoms with Gasteiger partial charge in [0.1, 0.15) is 5.82 Å². The van der Waals surface area contributed by atoms with Crippen LogP contribution in [0.4, 0.5) is 0 Å². The highest BCUT2D eigenvalue weighted by Gasteiger charge is 2.28. The summed E-state index contributed by atoms with van der Waals surface area (Å²) in [7, 11) is 0. The highest BCUT2D eigenvalue weighted by molar-refractivity contribution is 5.94. The van der Waals surface area contributed by atoms with Gasteiger partial charge in [-0.15, -0.1) is 10.2 Å². The van der Waals surface area contributed by atoms with Gasteiger partial charge in [0, 0.05) is 49.8 Å². The third kappa shape index (κ3) is 3.67. The minimum Gasteiger partial charge on any atom is -0.339 e. The van der Waals surface area contributed by atoms with Crippen molar-refractivity contribution in [3.63, 3.8) is 0 Å². The van der Waals surface area contributed by atoms with Crippen molar-refractivity contribution in [1.29, 1.82) is 0 Å². The van der Waals surface area contributed by atoms with Crippen LogP contribution in [-0.4, -0.2) is 53.2 Å². The number of rotatable bonds is 5. The topological polar surface area (TPSA) is 81.7 Å². The second-order valence-corrected chi connectivity index (χ2v) is 7.21. The molecule has 0 spiro atoms. The van der Waals surface area contributed by atoms with Crippen molar-refractivity contribution in [1.82, 2.24) is 34.2 Å². The number of hydrogen-bond acceptors (Lipinski definition) is 5. The van der Waals surface area contributed by atoms with Crippen LogP contribution in [0.2, 0.25) is 0 Å². The first kappa shape index (κ1) is 18.3. The lowest BCUT2D eigenvalue weighted by atomic mass is 9.95. The smallest absolute Gasteiger partial charge is 0.255 e. The minimum atomic E-state index is 0.0590. The fourth-order valence-electron chi connectivity index (χ4n) is 3.77. The van der Waals surface area contributed by atoms with Crippen LogP contribution in [0.15, 0.2) is 37.1 Å². The molecular formula is C20H25N7O. The van der Waals surface area contributed by atoms with Gasteiger partial charge < -0.3 is 14.0 Å². The van der Waals surface area contributed by atoms with Crippen LogP contribution in [0, 0.1) is 6.92 Å². The van der Waals surface area contributed by atoms with Crippen molar-refractivity contribution < 1.29 is 4.79 Å². The zero-order valence-corrected chi connectivity index (χ0v) is 16.3. The number of carbonyl (C=O) groups is 1. The van der Waals surface area contributed by atoms with Gasteiger partial charge in [-0.3, -0.25) is 9.78 Å². The summed E-state index contributed by atoms with van der Waals surface area (Å²) < 4.78 is 4.20. The van der Waals surface area contributed by atoms with Crippen LogP contribution in [-0.2, 0) is 13.1 Å². The number of amides is 1. The number of carbonyl (C=O) groups excluding carboxylic acids is 1. The quantitative estimate of drug-likeness (QED) is 0.679. The number of nitrogens with zero attached hydrogens (tertiary/aromatic N) is 7. The Morgan fingerprint density at radius 3 is 2.68 bits per heavy atom. The highest BCUT2D eigenvalue weighted by atomic mass is 16.2. The molecule has 1 fully saturated rings. The molecule has 28 heavy (non-hydrogen) atoms. The molecule has 0 aliphatic carbocycles. The molecule has 1 saturated heterocycles. The molecule has 0 unspecified atom stereocenters. The normalized spacial score (nSPS) is 15.1. The lowest BCUT2D eigenvalue weighted by Gasteiger charge is -2.31. The van der Waals surface area contributed by atoms with E-state index in [9.17, 15) is 4.79 Å². The molecule has 4 heterocycles. The Balaban J connectivity index is 1.43. The fraction of sp³-hybridized carbons (Fsp3) is 0.450. The second-order valence-electron chi connectivity index (χ2n) is 7.21. The van der Waals surface area contributed by atoms with Gasteiger partial charge in [0.05, 0.1) is 18.4 Å². The Kier molecular flexibility index (Phi) is 5.18. The number of likely N-dealkylation sites (tertiary alicyclic amines) is 1. The van der Waals surface area contributed by atoms with Gasteiger partial charge in [-0.25, -0.2) is 4.98 Å². The molecule has 1 aliphatic heterocycles. The van der Waals surface area contributed by atoms with Crippen LogP contribution in [0.3, 0.4) is 0 Å². The Labute approximate surface area is 164 Å². The first-order valence-corrected chi connectivity index (χ1v) is 9.75. The molecule has 1 amide bonds. The van der Waals surface area contributed by atoms with Crippen LogP contribution < -0.4 is 0 Å². The Morgan fingerprint density at radius 1 is 1.21 bits per heavy atom. The van der Waals surface area contributed by atoms with E-state index in [4.69, 9.17) is 0 Å². The van der Waals surface area contributed by atoms with Crippen LogP contribution in [0.1, 0.15) is 53.4 Å². The predicted molar refractivity (Wildman–Crippen MR) is 104 cm³/mol. The Hall–Kier alpha value is -3.03. The van der Waals surface area contributed by atoms with E-state index in [2.05, 4.69) is 31.7 Å². The Morgan fingerprint density at radius 2 is 2.04 bits per heavy atom. The van der Waals surface area contributed by atoms with Gasteiger partial charge in [-0.1, -0.05) is 0 Å². The van der Waals surface area contributed by atoms with E-state index < -0.39 is 0 Å². The molecule has 0 aromatic carbocycles. The molecule has 0 saturated carbocycles. The largest absolute Gasteiger partial charge is 0.339 e. The summed E-state index contributed by atoms with van der Waals surface area (Å²) in [6.07, 6.45) is 8.95. The summed E-state index contributed by atoms with van der Waals surface area (Å²) in [5, 5.41) is 8.92. The first-order chi connectivity index (χ1) is 13.7. The summed E-state index contributed by atoms with van der Waals surface area (Å²) in [5.74, 6) is 2.36. The van der Waals surface area contributed by atoms with E-state index in [1.807, 2.05) is 34.7 Å². The van der Waals surface area contributed by atoms with E-state index in [0.29, 0.717) is 18.0 Å². The number of piperidine rings is 1. The maximum absolute atomic E-state index is 12.7. The first-order valence-electron chi connectivity index (χ1n) is 9.75. The summed E-state index contributed by atoms with van der Waals surface area (Å²) in [6.45, 7) is 6.99. The molecular weight excluding hydrogens is 354 g/mol.